The van der Waals surface area contributed by atoms with Crippen LogP contribution in [0, 0.1) is 0 Å². The van der Waals surface area contributed by atoms with Crippen LogP contribution in [0.4, 0.5) is 16.3 Å². The minimum Gasteiger partial charge on any atom is -0.444 e. The number of carbonyl (C=O) groups excluding carboxylic acids is 2. The summed E-state index contributed by atoms with van der Waals surface area (Å²) < 4.78 is 5.55. The highest BCUT2D eigenvalue weighted by Gasteiger charge is 2.30. The fourth-order valence-corrected chi connectivity index (χ4v) is 4.99. The first kappa shape index (κ1) is 26.9. The molecule has 2 aliphatic rings. The predicted octanol–water partition coefficient (Wildman–Crippen LogP) is 4.79. The van der Waals surface area contributed by atoms with Crippen molar-refractivity contribution in [1.29, 1.82) is 0 Å². The molecule has 2 amide bonds. The van der Waals surface area contributed by atoms with E-state index in [4.69, 9.17) is 4.74 Å². The molecule has 0 aliphatic carbocycles. The van der Waals surface area contributed by atoms with E-state index in [2.05, 4.69) is 33.8 Å². The van der Waals surface area contributed by atoms with Crippen LogP contribution >= 0.6 is 0 Å². The van der Waals surface area contributed by atoms with E-state index in [1.165, 1.54) is 24.8 Å². The Balaban J connectivity index is 1.30. The predicted molar refractivity (Wildman–Crippen MR) is 147 cm³/mol. The standard InChI is InChI=1S/C29H41N5O3/c1-22-20-32(17-18-34(22)28(36)37-29(2,3)4)21-23-9-12-25(13-10-23)31(5)27(35)24-11-14-26(30-19-24)33-15-7-6-8-16-33/h9-14,19,22H,6-8,15-18,20-21H2,1-5H3/t22-/m0/s1. The number of carbonyl (C=O) groups is 2. The Kier molecular flexibility index (Phi) is 8.37. The first-order valence-electron chi connectivity index (χ1n) is 13.4. The number of amides is 2. The molecule has 1 aromatic carbocycles. The Morgan fingerprint density at radius 3 is 2.30 bits per heavy atom. The van der Waals surface area contributed by atoms with Crippen LogP contribution in [-0.2, 0) is 11.3 Å². The van der Waals surface area contributed by atoms with Crippen molar-refractivity contribution in [3.8, 4) is 0 Å². The lowest BCUT2D eigenvalue weighted by Crippen LogP contribution is -2.54. The van der Waals surface area contributed by atoms with Gasteiger partial charge >= 0.3 is 6.09 Å². The molecule has 4 rings (SSSR count). The summed E-state index contributed by atoms with van der Waals surface area (Å²) in [6, 6.07) is 12.0. The summed E-state index contributed by atoms with van der Waals surface area (Å²) in [4.78, 5) is 38.2. The van der Waals surface area contributed by atoms with E-state index in [1.807, 2.05) is 49.9 Å². The van der Waals surface area contributed by atoms with Gasteiger partial charge in [-0.1, -0.05) is 12.1 Å². The second kappa shape index (κ2) is 11.5. The van der Waals surface area contributed by atoms with E-state index < -0.39 is 5.60 Å². The highest BCUT2D eigenvalue weighted by molar-refractivity contribution is 6.05. The number of piperidine rings is 1. The van der Waals surface area contributed by atoms with E-state index in [0.29, 0.717) is 12.1 Å². The largest absolute Gasteiger partial charge is 0.444 e. The molecule has 200 valence electrons. The van der Waals surface area contributed by atoms with Gasteiger partial charge in [0.1, 0.15) is 11.4 Å². The van der Waals surface area contributed by atoms with Gasteiger partial charge < -0.3 is 19.4 Å². The maximum Gasteiger partial charge on any atom is 0.410 e. The van der Waals surface area contributed by atoms with Crippen LogP contribution in [0.2, 0.25) is 0 Å². The highest BCUT2D eigenvalue weighted by Crippen LogP contribution is 2.22. The fourth-order valence-electron chi connectivity index (χ4n) is 4.99. The molecule has 0 N–H and O–H groups in total. The Morgan fingerprint density at radius 1 is 1.00 bits per heavy atom. The molecule has 0 saturated carbocycles. The van der Waals surface area contributed by atoms with Gasteiger partial charge in [-0.25, -0.2) is 9.78 Å². The first-order valence-corrected chi connectivity index (χ1v) is 13.4. The van der Waals surface area contributed by atoms with Crippen molar-refractivity contribution in [2.45, 2.75) is 65.1 Å². The van der Waals surface area contributed by atoms with Gasteiger partial charge in [-0.05, 0) is 76.8 Å². The fraction of sp³-hybridized carbons (Fsp3) is 0.552. The Bertz CT molecular complexity index is 1060. The summed E-state index contributed by atoms with van der Waals surface area (Å²) in [7, 11) is 1.80. The lowest BCUT2D eigenvalue weighted by Gasteiger charge is -2.40. The molecular formula is C29H41N5O3. The van der Waals surface area contributed by atoms with E-state index in [0.717, 1.165) is 44.2 Å². The van der Waals surface area contributed by atoms with Gasteiger partial charge in [0.05, 0.1) is 5.56 Å². The molecule has 1 atom stereocenters. The maximum atomic E-state index is 13.1. The Labute approximate surface area is 221 Å². The first-order chi connectivity index (χ1) is 17.6. The molecule has 3 heterocycles. The molecule has 37 heavy (non-hydrogen) atoms. The molecule has 0 bridgehead atoms. The van der Waals surface area contributed by atoms with E-state index in [9.17, 15) is 9.59 Å². The normalized spacial score (nSPS) is 19.0. The number of rotatable bonds is 5. The van der Waals surface area contributed by atoms with Crippen molar-refractivity contribution in [1.82, 2.24) is 14.8 Å². The molecule has 0 radical (unpaired) electrons. The summed E-state index contributed by atoms with van der Waals surface area (Å²) >= 11 is 0. The van der Waals surface area contributed by atoms with Gasteiger partial charge in [0.15, 0.2) is 0 Å². The summed E-state index contributed by atoms with van der Waals surface area (Å²) in [5.74, 6) is 0.877. The lowest BCUT2D eigenvalue weighted by molar-refractivity contribution is 0.000551. The number of aromatic nitrogens is 1. The van der Waals surface area contributed by atoms with Crippen LogP contribution in [0.1, 0.15) is 62.9 Å². The van der Waals surface area contributed by atoms with Crippen LogP contribution in [0.3, 0.4) is 0 Å². The van der Waals surface area contributed by atoms with Crippen molar-refractivity contribution in [2.75, 3.05) is 49.6 Å². The average Bonchev–Trinajstić information content (AvgIpc) is 2.88. The van der Waals surface area contributed by atoms with Crippen LogP contribution in [0.15, 0.2) is 42.6 Å². The van der Waals surface area contributed by atoms with Crippen molar-refractivity contribution in [2.24, 2.45) is 0 Å². The number of ether oxygens (including phenoxy) is 1. The summed E-state index contributed by atoms with van der Waals surface area (Å²) in [5, 5.41) is 0. The molecule has 1 aromatic heterocycles. The number of benzene rings is 1. The molecule has 2 saturated heterocycles. The van der Waals surface area contributed by atoms with Gasteiger partial charge in [0.25, 0.3) is 5.91 Å². The van der Waals surface area contributed by atoms with Crippen LogP contribution in [-0.4, -0.2) is 78.2 Å². The summed E-state index contributed by atoms with van der Waals surface area (Å²) in [5.41, 5.74) is 2.12. The smallest absolute Gasteiger partial charge is 0.410 e. The highest BCUT2D eigenvalue weighted by atomic mass is 16.6. The zero-order valence-electron chi connectivity index (χ0n) is 22.9. The number of hydrogen-bond donors (Lipinski definition) is 0. The minimum atomic E-state index is -0.489. The Hall–Kier alpha value is -3.13. The topological polar surface area (TPSA) is 69.2 Å². The van der Waals surface area contributed by atoms with E-state index in [-0.39, 0.29) is 18.0 Å². The summed E-state index contributed by atoms with van der Waals surface area (Å²) in [6.07, 6.45) is 5.12. The van der Waals surface area contributed by atoms with Gasteiger partial charge in [-0.2, -0.15) is 0 Å². The number of hydrogen-bond acceptors (Lipinski definition) is 6. The van der Waals surface area contributed by atoms with Crippen molar-refractivity contribution < 1.29 is 14.3 Å². The SMILES string of the molecule is C[C@H]1CN(Cc2ccc(N(C)C(=O)c3ccc(N4CCCCC4)nc3)cc2)CCN1C(=O)OC(C)(C)C. The monoisotopic (exact) mass is 507 g/mol. The van der Waals surface area contributed by atoms with E-state index in [1.54, 1.807) is 18.1 Å². The number of anilines is 2. The van der Waals surface area contributed by atoms with Crippen LogP contribution in [0.25, 0.3) is 0 Å². The second-order valence-corrected chi connectivity index (χ2v) is 11.2. The number of nitrogens with zero attached hydrogens (tertiary/aromatic N) is 5. The maximum absolute atomic E-state index is 13.1. The summed E-state index contributed by atoms with van der Waals surface area (Å²) in [6.45, 7) is 12.8. The number of piperazine rings is 1. The third-order valence-electron chi connectivity index (χ3n) is 7.05. The van der Waals surface area contributed by atoms with Crippen LogP contribution < -0.4 is 9.80 Å². The zero-order chi connectivity index (χ0) is 26.6. The molecule has 2 aromatic rings. The van der Waals surface area contributed by atoms with Gasteiger partial charge in [0.2, 0.25) is 0 Å². The molecule has 2 aliphatic heterocycles. The van der Waals surface area contributed by atoms with E-state index >= 15 is 0 Å². The van der Waals surface area contributed by atoms with Gasteiger partial charge in [-0.15, -0.1) is 0 Å². The molecule has 2 fully saturated rings. The van der Waals surface area contributed by atoms with Crippen LogP contribution in [0.5, 0.6) is 0 Å². The van der Waals surface area contributed by atoms with Crippen molar-refractivity contribution in [3.63, 3.8) is 0 Å². The van der Waals surface area contributed by atoms with Gasteiger partial charge in [-0.3, -0.25) is 9.69 Å². The van der Waals surface area contributed by atoms with Crippen molar-refractivity contribution >= 4 is 23.5 Å². The number of pyridine rings is 1. The molecule has 8 nitrogen and oxygen atoms in total. The third kappa shape index (κ3) is 7.01. The zero-order valence-corrected chi connectivity index (χ0v) is 22.9. The quantitative estimate of drug-likeness (QED) is 0.580. The minimum absolute atomic E-state index is 0.0717. The van der Waals surface area contributed by atoms with Gasteiger partial charge in [0, 0.05) is 64.2 Å². The third-order valence-corrected chi connectivity index (χ3v) is 7.05. The average molecular weight is 508 g/mol. The molecule has 0 unspecified atom stereocenters. The van der Waals surface area contributed by atoms with Crippen molar-refractivity contribution in [3.05, 3.63) is 53.7 Å². The molecule has 8 heteroatoms. The molecule has 0 spiro atoms. The second-order valence-electron chi connectivity index (χ2n) is 11.2. The molecular weight excluding hydrogens is 466 g/mol. The Morgan fingerprint density at radius 2 is 1.70 bits per heavy atom. The lowest BCUT2D eigenvalue weighted by atomic mass is 10.1.